The van der Waals surface area contributed by atoms with Crippen molar-refractivity contribution < 1.29 is 14.0 Å². The van der Waals surface area contributed by atoms with Gasteiger partial charge in [0.25, 0.3) is 0 Å². The van der Waals surface area contributed by atoms with Crippen LogP contribution in [-0.2, 0) is 8.85 Å². The second kappa shape index (κ2) is 3.91. The van der Waals surface area contributed by atoms with E-state index in [9.17, 15) is 5.11 Å². The Morgan fingerprint density at radius 3 is 2.15 bits per heavy atom. The van der Waals surface area contributed by atoms with Gasteiger partial charge >= 0.3 is 8.56 Å². The summed E-state index contributed by atoms with van der Waals surface area (Å²) in [6.07, 6.45) is 0. The lowest BCUT2D eigenvalue weighted by atomic mass is 10.3. The Labute approximate surface area is 79.2 Å². The third kappa shape index (κ3) is 1.91. The summed E-state index contributed by atoms with van der Waals surface area (Å²) in [6, 6.07) is 7.10. The molecule has 3 nitrogen and oxygen atoms in total. The molecular weight excluding hydrogens is 184 g/mol. The van der Waals surface area contributed by atoms with Gasteiger partial charge in [0.2, 0.25) is 0 Å². The van der Waals surface area contributed by atoms with E-state index in [0.29, 0.717) is 0 Å². The van der Waals surface area contributed by atoms with Gasteiger partial charge in [0.05, 0.1) is 0 Å². The summed E-state index contributed by atoms with van der Waals surface area (Å²) in [4.78, 5) is 0. The molecule has 0 unspecified atom stereocenters. The second-order valence-corrected chi connectivity index (χ2v) is 6.12. The van der Waals surface area contributed by atoms with Gasteiger partial charge in [-0.25, -0.2) is 0 Å². The standard InChI is InChI=1S/C9H14O3Si/c1-11-13(3,12-2)9-7-5-4-6-8(9)10/h4-7,10H,1-3H3. The Hall–Kier alpha value is -0.843. The van der Waals surface area contributed by atoms with Gasteiger partial charge in [0.1, 0.15) is 5.75 Å². The van der Waals surface area contributed by atoms with Crippen LogP contribution in [0, 0.1) is 0 Å². The van der Waals surface area contributed by atoms with Crippen LogP contribution in [0.25, 0.3) is 0 Å². The summed E-state index contributed by atoms with van der Waals surface area (Å²) in [5.74, 6) is 0.236. The van der Waals surface area contributed by atoms with E-state index in [1.165, 1.54) is 0 Å². The molecule has 0 saturated heterocycles. The van der Waals surface area contributed by atoms with E-state index in [0.717, 1.165) is 5.19 Å². The highest BCUT2D eigenvalue weighted by atomic mass is 28.4. The minimum absolute atomic E-state index is 0.236. The summed E-state index contributed by atoms with van der Waals surface area (Å²) < 4.78 is 10.6. The minimum Gasteiger partial charge on any atom is -0.508 e. The van der Waals surface area contributed by atoms with Crippen LogP contribution in [0.3, 0.4) is 0 Å². The van der Waals surface area contributed by atoms with Gasteiger partial charge < -0.3 is 14.0 Å². The Morgan fingerprint density at radius 1 is 1.15 bits per heavy atom. The molecule has 0 saturated carbocycles. The maximum Gasteiger partial charge on any atom is 0.372 e. The normalized spacial score (nSPS) is 11.6. The molecule has 72 valence electrons. The molecule has 1 aromatic carbocycles. The summed E-state index contributed by atoms with van der Waals surface area (Å²) in [7, 11) is 0.831. The number of phenols is 1. The maximum atomic E-state index is 9.58. The zero-order valence-corrected chi connectivity index (χ0v) is 9.07. The largest absolute Gasteiger partial charge is 0.508 e. The Bertz CT molecular complexity index is 284. The smallest absolute Gasteiger partial charge is 0.372 e. The topological polar surface area (TPSA) is 38.7 Å². The SMILES string of the molecule is CO[Si](C)(OC)c1ccccc1O. The third-order valence-electron chi connectivity index (χ3n) is 2.17. The molecular formula is C9H14O3Si. The molecule has 0 heterocycles. The number of rotatable bonds is 3. The Morgan fingerprint density at radius 2 is 1.69 bits per heavy atom. The second-order valence-electron chi connectivity index (χ2n) is 2.87. The van der Waals surface area contributed by atoms with Crippen LogP contribution in [-0.4, -0.2) is 27.9 Å². The van der Waals surface area contributed by atoms with Crippen molar-refractivity contribution in [1.29, 1.82) is 0 Å². The van der Waals surface area contributed by atoms with Gasteiger partial charge in [-0.15, -0.1) is 0 Å². The number of phenolic OH excluding ortho intramolecular Hbond substituents is 1. The molecule has 0 aromatic heterocycles. The molecule has 1 N–H and O–H groups in total. The minimum atomic E-state index is -2.37. The van der Waals surface area contributed by atoms with E-state index < -0.39 is 8.56 Å². The lowest BCUT2D eigenvalue weighted by molar-refractivity contribution is 0.264. The first-order chi connectivity index (χ1) is 6.14. The van der Waals surface area contributed by atoms with Crippen molar-refractivity contribution in [1.82, 2.24) is 0 Å². The number of hydrogen-bond acceptors (Lipinski definition) is 3. The average molecular weight is 198 g/mol. The van der Waals surface area contributed by atoms with Crippen LogP contribution < -0.4 is 5.19 Å². The van der Waals surface area contributed by atoms with Crippen LogP contribution in [0.15, 0.2) is 24.3 Å². The molecule has 0 amide bonds. The molecule has 0 aliphatic rings. The molecule has 0 spiro atoms. The van der Waals surface area contributed by atoms with Gasteiger partial charge in [-0.05, 0) is 12.6 Å². The average Bonchev–Trinajstić information content (AvgIpc) is 2.17. The molecule has 13 heavy (non-hydrogen) atoms. The molecule has 0 bridgehead atoms. The lowest BCUT2D eigenvalue weighted by Gasteiger charge is -2.23. The van der Waals surface area contributed by atoms with Gasteiger partial charge in [-0.2, -0.15) is 0 Å². The zero-order chi connectivity index (χ0) is 9.90. The molecule has 0 fully saturated rings. The Kier molecular flexibility index (Phi) is 3.08. The highest BCUT2D eigenvalue weighted by molar-refractivity contribution is 6.80. The molecule has 0 atom stereocenters. The molecule has 0 radical (unpaired) electrons. The van der Waals surface area contributed by atoms with E-state index >= 15 is 0 Å². The summed E-state index contributed by atoms with van der Waals surface area (Å²) >= 11 is 0. The molecule has 0 aliphatic carbocycles. The zero-order valence-electron chi connectivity index (χ0n) is 8.07. The molecule has 4 heteroatoms. The van der Waals surface area contributed by atoms with Crippen LogP contribution in [0.1, 0.15) is 0 Å². The van der Waals surface area contributed by atoms with Crippen molar-refractivity contribution in [3.8, 4) is 5.75 Å². The predicted octanol–water partition coefficient (Wildman–Crippen LogP) is 0.964. The van der Waals surface area contributed by atoms with E-state index in [2.05, 4.69) is 0 Å². The highest BCUT2D eigenvalue weighted by Crippen LogP contribution is 2.13. The monoisotopic (exact) mass is 198 g/mol. The fourth-order valence-corrected chi connectivity index (χ4v) is 2.71. The summed E-state index contributed by atoms with van der Waals surface area (Å²) in [5, 5.41) is 10.3. The van der Waals surface area contributed by atoms with Gasteiger partial charge in [0, 0.05) is 19.4 Å². The van der Waals surface area contributed by atoms with Gasteiger partial charge in [-0.1, -0.05) is 18.2 Å². The summed E-state index contributed by atoms with van der Waals surface area (Å²) in [5.41, 5.74) is 0. The van der Waals surface area contributed by atoms with Crippen LogP contribution in [0.5, 0.6) is 5.75 Å². The third-order valence-corrected chi connectivity index (χ3v) is 5.13. The van der Waals surface area contributed by atoms with Crippen LogP contribution in [0.4, 0.5) is 0 Å². The van der Waals surface area contributed by atoms with Crippen molar-refractivity contribution in [2.75, 3.05) is 14.2 Å². The fourth-order valence-electron chi connectivity index (χ4n) is 1.16. The number of benzene rings is 1. The van der Waals surface area contributed by atoms with E-state index in [1.54, 1.807) is 26.4 Å². The lowest BCUT2D eigenvalue weighted by Crippen LogP contribution is -2.49. The van der Waals surface area contributed by atoms with Crippen molar-refractivity contribution in [2.45, 2.75) is 6.55 Å². The number of aromatic hydroxyl groups is 1. The highest BCUT2D eigenvalue weighted by Gasteiger charge is 2.34. The maximum absolute atomic E-state index is 9.58. The first-order valence-electron chi connectivity index (χ1n) is 4.03. The number of hydrogen-bond donors (Lipinski definition) is 1. The first kappa shape index (κ1) is 10.2. The van der Waals surface area contributed by atoms with E-state index in [1.807, 2.05) is 18.7 Å². The van der Waals surface area contributed by atoms with Crippen LogP contribution >= 0.6 is 0 Å². The van der Waals surface area contributed by atoms with Crippen molar-refractivity contribution >= 4 is 13.7 Å². The van der Waals surface area contributed by atoms with Gasteiger partial charge in [0.15, 0.2) is 0 Å². The molecule has 0 aliphatic heterocycles. The van der Waals surface area contributed by atoms with Crippen LogP contribution in [0.2, 0.25) is 6.55 Å². The Balaban J connectivity index is 3.12. The first-order valence-corrected chi connectivity index (χ1v) is 6.34. The quantitative estimate of drug-likeness (QED) is 0.735. The fraction of sp³-hybridized carbons (Fsp3) is 0.333. The van der Waals surface area contributed by atoms with E-state index in [4.69, 9.17) is 8.85 Å². The van der Waals surface area contributed by atoms with Crippen molar-refractivity contribution in [3.63, 3.8) is 0 Å². The van der Waals surface area contributed by atoms with Crippen molar-refractivity contribution in [2.24, 2.45) is 0 Å². The van der Waals surface area contributed by atoms with Gasteiger partial charge in [-0.3, -0.25) is 0 Å². The van der Waals surface area contributed by atoms with Crippen molar-refractivity contribution in [3.05, 3.63) is 24.3 Å². The molecule has 1 aromatic rings. The number of para-hydroxylation sites is 1. The molecule has 1 rings (SSSR count). The predicted molar refractivity (Wildman–Crippen MR) is 53.4 cm³/mol. The summed E-state index contributed by atoms with van der Waals surface area (Å²) in [6.45, 7) is 1.89. The van der Waals surface area contributed by atoms with E-state index in [-0.39, 0.29) is 5.75 Å².